The Kier molecular flexibility index (Phi) is 4.97. The van der Waals surface area contributed by atoms with Crippen molar-refractivity contribution >= 4 is 6.03 Å². The van der Waals surface area contributed by atoms with Crippen molar-refractivity contribution in [1.82, 2.24) is 20.2 Å². The fourth-order valence-electron chi connectivity index (χ4n) is 2.06. The van der Waals surface area contributed by atoms with E-state index in [-0.39, 0.29) is 11.6 Å². The van der Waals surface area contributed by atoms with Gasteiger partial charge in [-0.1, -0.05) is 0 Å². The van der Waals surface area contributed by atoms with E-state index in [4.69, 9.17) is 0 Å². The lowest BCUT2D eigenvalue weighted by molar-refractivity contribution is 0.232. The van der Waals surface area contributed by atoms with Crippen LogP contribution in [0.25, 0.3) is 0 Å². The smallest absolute Gasteiger partial charge is 0.315 e. The van der Waals surface area contributed by atoms with Crippen molar-refractivity contribution in [3.63, 3.8) is 0 Å². The molecule has 0 bridgehead atoms. The summed E-state index contributed by atoms with van der Waals surface area (Å²) in [6, 6.07) is 0.257. The molecule has 0 aliphatic heterocycles. The van der Waals surface area contributed by atoms with Crippen molar-refractivity contribution < 1.29 is 4.79 Å². The molecule has 1 heterocycles. The number of carbonyl (C=O) groups excluding carboxylic acids is 1. The van der Waals surface area contributed by atoms with Crippen LogP contribution in [0.1, 0.15) is 52.2 Å². The van der Waals surface area contributed by atoms with Gasteiger partial charge < -0.3 is 15.2 Å². The number of amides is 2. The molecule has 5 heteroatoms. The molecule has 0 aromatic carbocycles. The van der Waals surface area contributed by atoms with Crippen LogP contribution in [0.3, 0.4) is 0 Å². The average Bonchev–Trinajstić information content (AvgIpc) is 2.57. The molecule has 0 aliphatic carbocycles. The quantitative estimate of drug-likeness (QED) is 0.879. The van der Waals surface area contributed by atoms with Crippen LogP contribution in [-0.4, -0.2) is 27.7 Å². The zero-order valence-electron chi connectivity index (χ0n) is 12.9. The second-order valence-electron chi connectivity index (χ2n) is 6.16. The zero-order chi connectivity index (χ0) is 14.6. The van der Waals surface area contributed by atoms with Crippen LogP contribution in [-0.2, 0) is 6.42 Å². The van der Waals surface area contributed by atoms with Crippen molar-refractivity contribution in [3.05, 3.63) is 17.7 Å². The first-order valence-electron chi connectivity index (χ1n) is 6.79. The van der Waals surface area contributed by atoms with Gasteiger partial charge in [0, 0.05) is 36.4 Å². The lowest BCUT2D eigenvalue weighted by Crippen LogP contribution is -2.46. The third kappa shape index (κ3) is 4.93. The Labute approximate surface area is 115 Å². The van der Waals surface area contributed by atoms with Crippen molar-refractivity contribution in [2.45, 2.75) is 59.5 Å². The number of imidazole rings is 1. The highest BCUT2D eigenvalue weighted by molar-refractivity contribution is 5.74. The zero-order valence-corrected chi connectivity index (χ0v) is 12.9. The highest BCUT2D eigenvalue weighted by Crippen LogP contribution is 2.12. The molecule has 0 aliphatic rings. The highest BCUT2D eigenvalue weighted by atomic mass is 16.2. The van der Waals surface area contributed by atoms with Crippen LogP contribution in [0.5, 0.6) is 0 Å². The Bertz CT molecular complexity index is 429. The summed E-state index contributed by atoms with van der Waals surface area (Å²) in [5.74, 6) is 1.02. The summed E-state index contributed by atoms with van der Waals surface area (Å²) in [6.45, 7) is 12.8. The fourth-order valence-corrected chi connectivity index (χ4v) is 2.06. The lowest BCUT2D eigenvalue weighted by Gasteiger charge is -2.21. The fraction of sp³-hybridized carbons (Fsp3) is 0.714. The Morgan fingerprint density at radius 2 is 2.05 bits per heavy atom. The van der Waals surface area contributed by atoms with Gasteiger partial charge in [-0.15, -0.1) is 0 Å². The van der Waals surface area contributed by atoms with Gasteiger partial charge in [0.2, 0.25) is 0 Å². The van der Waals surface area contributed by atoms with Crippen LogP contribution in [0.2, 0.25) is 0 Å². The first-order valence-corrected chi connectivity index (χ1v) is 6.79. The highest BCUT2D eigenvalue weighted by Gasteiger charge is 2.14. The number of urea groups is 1. The number of aryl methyl sites for hydroxylation is 1. The van der Waals surface area contributed by atoms with Crippen molar-refractivity contribution in [2.24, 2.45) is 0 Å². The standard InChI is InChI=1S/C14H26N4O/c1-10(2)18-11(3)9-16-12(18)7-8-15-13(19)17-14(4,5)6/h9-10H,7-8H2,1-6H3,(H2,15,17,19). The second-order valence-corrected chi connectivity index (χ2v) is 6.16. The number of rotatable bonds is 4. The SMILES string of the molecule is Cc1cnc(CCNC(=O)NC(C)(C)C)n1C(C)C. The average molecular weight is 266 g/mol. The molecule has 0 atom stereocenters. The molecule has 5 nitrogen and oxygen atoms in total. The lowest BCUT2D eigenvalue weighted by atomic mass is 10.1. The van der Waals surface area contributed by atoms with Gasteiger partial charge in [-0.25, -0.2) is 9.78 Å². The van der Waals surface area contributed by atoms with Crippen molar-refractivity contribution in [2.75, 3.05) is 6.54 Å². The van der Waals surface area contributed by atoms with E-state index in [1.807, 2.05) is 27.0 Å². The Hall–Kier alpha value is -1.52. The molecular formula is C14H26N4O. The van der Waals surface area contributed by atoms with Crippen LogP contribution in [0, 0.1) is 6.92 Å². The molecule has 1 rings (SSSR count). The summed E-state index contributed by atoms with van der Waals surface area (Å²) in [6.07, 6.45) is 2.62. The van der Waals surface area contributed by atoms with E-state index in [2.05, 4.69) is 41.0 Å². The summed E-state index contributed by atoms with van der Waals surface area (Å²) in [5.41, 5.74) is 0.945. The third-order valence-electron chi connectivity index (χ3n) is 2.70. The molecule has 2 amide bonds. The van der Waals surface area contributed by atoms with E-state index < -0.39 is 0 Å². The van der Waals surface area contributed by atoms with E-state index in [0.717, 1.165) is 17.9 Å². The molecule has 0 radical (unpaired) electrons. The molecule has 0 fully saturated rings. The number of nitrogens with zero attached hydrogens (tertiary/aromatic N) is 2. The summed E-state index contributed by atoms with van der Waals surface area (Å²) < 4.78 is 2.20. The molecule has 2 N–H and O–H groups in total. The first kappa shape index (κ1) is 15.5. The van der Waals surface area contributed by atoms with E-state index in [1.165, 1.54) is 0 Å². The van der Waals surface area contributed by atoms with Crippen LogP contribution >= 0.6 is 0 Å². The molecular weight excluding hydrogens is 240 g/mol. The number of hydrogen-bond donors (Lipinski definition) is 2. The monoisotopic (exact) mass is 266 g/mol. The van der Waals surface area contributed by atoms with Crippen LogP contribution in [0.15, 0.2) is 6.20 Å². The predicted octanol–water partition coefficient (Wildman–Crippen LogP) is 2.41. The molecule has 0 saturated heterocycles. The molecule has 108 valence electrons. The Balaban J connectivity index is 2.48. The predicted molar refractivity (Wildman–Crippen MR) is 77.3 cm³/mol. The topological polar surface area (TPSA) is 59.0 Å². The van der Waals surface area contributed by atoms with Crippen molar-refractivity contribution in [3.8, 4) is 0 Å². The van der Waals surface area contributed by atoms with Crippen molar-refractivity contribution in [1.29, 1.82) is 0 Å². The normalized spacial score (nSPS) is 11.7. The van der Waals surface area contributed by atoms with E-state index in [1.54, 1.807) is 0 Å². The molecule has 1 aromatic rings. The van der Waals surface area contributed by atoms with E-state index in [9.17, 15) is 4.79 Å². The Morgan fingerprint density at radius 3 is 2.58 bits per heavy atom. The van der Waals surface area contributed by atoms with Gasteiger partial charge >= 0.3 is 6.03 Å². The maximum Gasteiger partial charge on any atom is 0.315 e. The second kappa shape index (κ2) is 6.08. The molecule has 0 saturated carbocycles. The number of hydrogen-bond acceptors (Lipinski definition) is 2. The van der Waals surface area contributed by atoms with E-state index in [0.29, 0.717) is 12.6 Å². The van der Waals surface area contributed by atoms with Gasteiger partial charge in [-0.2, -0.15) is 0 Å². The third-order valence-corrected chi connectivity index (χ3v) is 2.70. The van der Waals surface area contributed by atoms with Gasteiger partial charge in [0.1, 0.15) is 5.82 Å². The van der Waals surface area contributed by atoms with Crippen LogP contribution in [0.4, 0.5) is 4.79 Å². The largest absolute Gasteiger partial charge is 0.338 e. The van der Waals surface area contributed by atoms with Gasteiger partial charge in [-0.05, 0) is 41.5 Å². The summed E-state index contributed by atoms with van der Waals surface area (Å²) in [4.78, 5) is 16.0. The minimum Gasteiger partial charge on any atom is -0.338 e. The minimum absolute atomic E-state index is 0.133. The molecule has 19 heavy (non-hydrogen) atoms. The van der Waals surface area contributed by atoms with Gasteiger partial charge in [0.05, 0.1) is 0 Å². The number of aromatic nitrogens is 2. The van der Waals surface area contributed by atoms with Gasteiger partial charge in [0.25, 0.3) is 0 Å². The molecule has 0 spiro atoms. The molecule has 0 unspecified atom stereocenters. The summed E-state index contributed by atoms with van der Waals surface area (Å²) >= 11 is 0. The minimum atomic E-state index is -0.211. The van der Waals surface area contributed by atoms with Gasteiger partial charge in [-0.3, -0.25) is 0 Å². The summed E-state index contributed by atoms with van der Waals surface area (Å²) in [5, 5.41) is 5.73. The number of carbonyl (C=O) groups is 1. The van der Waals surface area contributed by atoms with Crippen LogP contribution < -0.4 is 10.6 Å². The maximum atomic E-state index is 11.6. The summed E-state index contributed by atoms with van der Waals surface area (Å²) in [7, 11) is 0. The Morgan fingerprint density at radius 1 is 1.42 bits per heavy atom. The maximum absolute atomic E-state index is 11.6. The van der Waals surface area contributed by atoms with Gasteiger partial charge in [0.15, 0.2) is 0 Å². The first-order chi connectivity index (χ1) is 8.70. The van der Waals surface area contributed by atoms with E-state index >= 15 is 0 Å². The number of nitrogens with one attached hydrogen (secondary N) is 2. The molecule has 1 aromatic heterocycles.